The van der Waals surface area contributed by atoms with Crippen molar-refractivity contribution in [3.8, 4) is 0 Å². The minimum absolute atomic E-state index is 0.0352. The largest absolute Gasteiger partial charge is 0.372 e. The third kappa shape index (κ3) is 6.92. The molecule has 1 heterocycles. The lowest BCUT2D eigenvalue weighted by atomic mass is 10.1. The van der Waals surface area contributed by atoms with Gasteiger partial charge in [0.25, 0.3) is 11.6 Å². The fourth-order valence-corrected chi connectivity index (χ4v) is 4.67. The van der Waals surface area contributed by atoms with Crippen molar-refractivity contribution in [1.82, 2.24) is 10.6 Å². The zero-order valence-electron chi connectivity index (χ0n) is 23.9. The fourth-order valence-electron chi connectivity index (χ4n) is 4.67. The SMILES string of the molecule is CCCCN(CCCC)c1ccc(NC2(NC(C)=O)C(=O)N(c3ccccc3)N=C2NC(=O)c2ccccc2)cc1. The van der Waals surface area contributed by atoms with Crippen molar-refractivity contribution in [1.29, 1.82) is 0 Å². The van der Waals surface area contributed by atoms with Crippen LogP contribution in [0.3, 0.4) is 0 Å². The number of anilines is 3. The molecule has 9 heteroatoms. The maximum Gasteiger partial charge on any atom is 0.302 e. The Labute approximate surface area is 241 Å². The quantitative estimate of drug-likeness (QED) is 0.269. The van der Waals surface area contributed by atoms with E-state index in [-0.39, 0.29) is 5.84 Å². The third-order valence-corrected chi connectivity index (χ3v) is 6.83. The van der Waals surface area contributed by atoms with Gasteiger partial charge in [-0.1, -0.05) is 63.1 Å². The van der Waals surface area contributed by atoms with Crippen molar-refractivity contribution < 1.29 is 14.4 Å². The summed E-state index contributed by atoms with van der Waals surface area (Å²) in [4.78, 5) is 42.2. The van der Waals surface area contributed by atoms with Gasteiger partial charge in [-0.25, -0.2) is 0 Å². The molecule has 3 aromatic carbocycles. The first-order valence-corrected chi connectivity index (χ1v) is 14.1. The summed E-state index contributed by atoms with van der Waals surface area (Å²) in [6, 6.07) is 25.3. The number of para-hydroxylation sites is 1. The number of amides is 3. The van der Waals surface area contributed by atoms with E-state index < -0.39 is 23.4 Å². The molecule has 4 rings (SSSR count). The molecule has 0 saturated heterocycles. The van der Waals surface area contributed by atoms with Gasteiger partial charge in [-0.15, -0.1) is 5.10 Å². The highest BCUT2D eigenvalue weighted by Crippen LogP contribution is 2.29. The van der Waals surface area contributed by atoms with E-state index in [9.17, 15) is 14.4 Å². The monoisotopic (exact) mass is 554 g/mol. The smallest absolute Gasteiger partial charge is 0.302 e. The summed E-state index contributed by atoms with van der Waals surface area (Å²) in [6.07, 6.45) is 4.41. The number of amidine groups is 1. The van der Waals surface area contributed by atoms with E-state index in [1.165, 1.54) is 11.9 Å². The van der Waals surface area contributed by atoms with Gasteiger partial charge in [0, 0.05) is 37.0 Å². The van der Waals surface area contributed by atoms with E-state index in [0.29, 0.717) is 16.9 Å². The number of unbranched alkanes of at least 4 members (excludes halogenated alkanes) is 2. The Morgan fingerprint density at radius 1 is 0.854 bits per heavy atom. The Morgan fingerprint density at radius 3 is 2.00 bits per heavy atom. The first kappa shape index (κ1) is 29.3. The Morgan fingerprint density at radius 2 is 1.44 bits per heavy atom. The molecule has 0 spiro atoms. The molecule has 41 heavy (non-hydrogen) atoms. The van der Waals surface area contributed by atoms with Crippen molar-refractivity contribution in [3.63, 3.8) is 0 Å². The molecule has 0 radical (unpaired) electrons. The molecule has 1 atom stereocenters. The highest BCUT2D eigenvalue weighted by Gasteiger charge is 2.54. The Hall–Kier alpha value is -4.66. The van der Waals surface area contributed by atoms with E-state index in [0.717, 1.165) is 44.5 Å². The summed E-state index contributed by atoms with van der Waals surface area (Å²) in [6.45, 7) is 7.61. The highest BCUT2D eigenvalue weighted by atomic mass is 16.2. The lowest BCUT2D eigenvalue weighted by Crippen LogP contribution is -2.67. The molecule has 1 aliphatic heterocycles. The molecule has 214 valence electrons. The van der Waals surface area contributed by atoms with Crippen LogP contribution in [0, 0.1) is 0 Å². The van der Waals surface area contributed by atoms with Crippen LogP contribution in [0.4, 0.5) is 17.1 Å². The first-order valence-electron chi connectivity index (χ1n) is 14.1. The summed E-state index contributed by atoms with van der Waals surface area (Å²) in [5.74, 6) is -1.52. The van der Waals surface area contributed by atoms with Crippen molar-refractivity contribution in [2.45, 2.75) is 52.1 Å². The van der Waals surface area contributed by atoms with E-state index in [1.807, 2.05) is 36.4 Å². The molecular formula is C32H38N6O3. The molecule has 0 bridgehead atoms. The summed E-state index contributed by atoms with van der Waals surface area (Å²) in [5.41, 5.74) is 0.703. The number of hydrogen-bond donors (Lipinski definition) is 3. The van der Waals surface area contributed by atoms with Crippen LogP contribution >= 0.6 is 0 Å². The summed E-state index contributed by atoms with van der Waals surface area (Å²) in [5, 5.41) is 14.4. The average Bonchev–Trinajstić information content (AvgIpc) is 3.24. The van der Waals surface area contributed by atoms with Crippen LogP contribution in [-0.2, 0) is 9.59 Å². The lowest BCUT2D eigenvalue weighted by molar-refractivity contribution is -0.127. The third-order valence-electron chi connectivity index (χ3n) is 6.83. The van der Waals surface area contributed by atoms with E-state index in [4.69, 9.17) is 0 Å². The number of hydrogen-bond acceptors (Lipinski definition) is 6. The molecule has 9 nitrogen and oxygen atoms in total. The maximum absolute atomic E-state index is 14.1. The lowest BCUT2D eigenvalue weighted by Gasteiger charge is -2.32. The molecule has 1 aliphatic rings. The van der Waals surface area contributed by atoms with Gasteiger partial charge in [0.15, 0.2) is 5.84 Å². The van der Waals surface area contributed by atoms with Gasteiger partial charge in [-0.3, -0.25) is 14.4 Å². The molecule has 3 amide bonds. The highest BCUT2D eigenvalue weighted by molar-refractivity contribution is 6.28. The zero-order chi connectivity index (χ0) is 29.2. The molecule has 0 aliphatic carbocycles. The van der Waals surface area contributed by atoms with Crippen LogP contribution in [0.2, 0.25) is 0 Å². The van der Waals surface area contributed by atoms with E-state index >= 15 is 0 Å². The van der Waals surface area contributed by atoms with Crippen LogP contribution in [0.15, 0.2) is 90.0 Å². The van der Waals surface area contributed by atoms with Gasteiger partial charge in [-0.05, 0) is 61.4 Å². The van der Waals surface area contributed by atoms with Crippen molar-refractivity contribution in [2.75, 3.05) is 28.3 Å². The summed E-state index contributed by atoms with van der Waals surface area (Å²) >= 11 is 0. The minimum atomic E-state index is -1.85. The summed E-state index contributed by atoms with van der Waals surface area (Å²) < 4.78 is 0. The molecule has 0 aromatic heterocycles. The van der Waals surface area contributed by atoms with Gasteiger partial charge >= 0.3 is 5.91 Å². The fraction of sp³-hybridized carbons (Fsp3) is 0.312. The molecule has 1 unspecified atom stereocenters. The maximum atomic E-state index is 14.1. The van der Waals surface area contributed by atoms with Crippen LogP contribution < -0.4 is 25.9 Å². The second-order valence-corrected chi connectivity index (χ2v) is 10.0. The van der Waals surface area contributed by atoms with Crippen LogP contribution in [0.1, 0.15) is 56.8 Å². The van der Waals surface area contributed by atoms with Crippen LogP contribution in [0.5, 0.6) is 0 Å². The topological polar surface area (TPSA) is 106 Å². The average molecular weight is 555 g/mol. The van der Waals surface area contributed by atoms with Gasteiger partial charge in [0.05, 0.1) is 5.69 Å². The standard InChI is InChI=1S/C32H38N6O3/c1-4-6-22-37(23-7-5-2)27-20-18-26(19-21-27)35-32(34-24(3)39)30(33-29(40)25-14-10-8-11-15-25)36-38(31(32)41)28-16-12-9-13-17-28/h8-21,35H,4-7,22-23H2,1-3H3,(H,34,39)(H,33,36,40). The van der Waals surface area contributed by atoms with Gasteiger partial charge in [0.2, 0.25) is 5.91 Å². The second kappa shape index (κ2) is 13.6. The van der Waals surface area contributed by atoms with Crippen molar-refractivity contribution in [2.24, 2.45) is 5.10 Å². The van der Waals surface area contributed by atoms with Crippen LogP contribution in [-0.4, -0.2) is 42.3 Å². The van der Waals surface area contributed by atoms with Crippen molar-refractivity contribution in [3.05, 3.63) is 90.5 Å². The van der Waals surface area contributed by atoms with E-state index in [1.54, 1.807) is 48.5 Å². The number of nitrogens with zero attached hydrogens (tertiary/aromatic N) is 3. The Balaban J connectivity index is 1.70. The number of carbonyl (C=O) groups is 3. The molecule has 3 N–H and O–H groups in total. The summed E-state index contributed by atoms with van der Waals surface area (Å²) in [7, 11) is 0. The predicted octanol–water partition coefficient (Wildman–Crippen LogP) is 5.13. The number of nitrogens with one attached hydrogen (secondary N) is 3. The Kier molecular flexibility index (Phi) is 9.73. The molecule has 0 saturated carbocycles. The zero-order valence-corrected chi connectivity index (χ0v) is 23.9. The predicted molar refractivity (Wildman–Crippen MR) is 164 cm³/mol. The Bertz CT molecular complexity index is 1350. The first-order chi connectivity index (χ1) is 19.9. The van der Waals surface area contributed by atoms with Gasteiger partial charge in [0.1, 0.15) is 0 Å². The molecular weight excluding hydrogens is 516 g/mol. The van der Waals surface area contributed by atoms with E-state index in [2.05, 4.69) is 39.8 Å². The minimum Gasteiger partial charge on any atom is -0.372 e. The van der Waals surface area contributed by atoms with Gasteiger partial charge in [-0.2, -0.15) is 5.01 Å². The molecule has 3 aromatic rings. The number of rotatable bonds is 12. The van der Waals surface area contributed by atoms with Crippen LogP contribution in [0.25, 0.3) is 0 Å². The van der Waals surface area contributed by atoms with Gasteiger partial charge < -0.3 is 20.9 Å². The normalized spacial score (nSPS) is 16.2. The molecule has 0 fully saturated rings. The van der Waals surface area contributed by atoms with Crippen molar-refractivity contribution >= 4 is 40.6 Å². The number of hydrazone groups is 1. The number of benzene rings is 3. The number of carbonyl (C=O) groups excluding carboxylic acids is 3. The second-order valence-electron chi connectivity index (χ2n) is 10.0.